The monoisotopic (exact) mass is 454 g/mol. The Morgan fingerprint density at radius 1 is 1.32 bits per heavy atom. The Morgan fingerprint density at radius 3 is 2.46 bits per heavy atom. The quantitative estimate of drug-likeness (QED) is 0.194. The number of guanidine groups is 1. The summed E-state index contributed by atoms with van der Waals surface area (Å²) < 4.78 is 32.9. The second kappa shape index (κ2) is 11.5. The van der Waals surface area contributed by atoms with Crippen LogP contribution in [-0.2, 0) is 14.8 Å². The van der Waals surface area contributed by atoms with E-state index in [1.165, 1.54) is 7.11 Å². The fraction of sp³-hybridized carbons (Fsp3) is 0.529. The predicted octanol–water partition coefficient (Wildman–Crippen LogP) is 1.76. The highest BCUT2D eigenvalue weighted by molar-refractivity contribution is 7.90. The summed E-state index contributed by atoms with van der Waals surface area (Å²) in [5.41, 5.74) is 7.48. The van der Waals surface area contributed by atoms with Gasteiger partial charge in [0.15, 0.2) is 5.78 Å². The number of aryl methyl sites for hydroxylation is 1. The number of carbonyl (C=O) groups is 1. The van der Waals surface area contributed by atoms with Crippen LogP contribution in [-0.4, -0.2) is 45.7 Å². The molecule has 0 unspecified atom stereocenters. The number of nitrogens with one attached hydrogen (secondary N) is 3. The molecule has 0 saturated carbocycles. The van der Waals surface area contributed by atoms with E-state index in [2.05, 4.69) is 10.0 Å². The highest BCUT2D eigenvalue weighted by Gasteiger charge is 2.23. The summed E-state index contributed by atoms with van der Waals surface area (Å²) in [6.45, 7) is 5.45. The summed E-state index contributed by atoms with van der Waals surface area (Å²) in [6, 6.07) is 1.01. The molecule has 0 aliphatic carbocycles. The van der Waals surface area contributed by atoms with E-state index in [1.807, 2.05) is 0 Å². The van der Waals surface area contributed by atoms with Gasteiger partial charge in [-0.15, -0.1) is 24.0 Å². The van der Waals surface area contributed by atoms with Crippen LogP contribution >= 0.6 is 24.0 Å². The van der Waals surface area contributed by atoms with Crippen molar-refractivity contribution in [3.05, 3.63) is 22.8 Å². The van der Waals surface area contributed by atoms with Gasteiger partial charge >= 0.3 is 0 Å². The van der Waals surface area contributed by atoms with Crippen LogP contribution in [0.1, 0.15) is 29.5 Å². The summed E-state index contributed by atoms with van der Waals surface area (Å²) >= 11 is 5.43. The molecule has 5 N–H and O–H groups in total. The van der Waals surface area contributed by atoms with E-state index in [-0.39, 0.29) is 34.9 Å². The standard InChI is InChI=1S/C17H27ClN4O4S.ClH/c1-10-8-15(26-4)11(2)12(3)16(10)27(24,25)22-17(20)21-7-5-6-13(19)14(23)9-18;/h8,13H,5-7,9,19H2,1-4H3,(H3,20,21,22);1H/t13-;/m0./s1. The number of carbonyl (C=O) groups excluding carboxylic acids is 1. The molecule has 8 nitrogen and oxygen atoms in total. The average molecular weight is 455 g/mol. The number of rotatable bonds is 9. The molecule has 0 heterocycles. The number of hydrogen-bond acceptors (Lipinski definition) is 6. The lowest BCUT2D eigenvalue weighted by Gasteiger charge is -2.18. The van der Waals surface area contributed by atoms with E-state index in [1.54, 1.807) is 26.8 Å². The van der Waals surface area contributed by atoms with Crippen molar-refractivity contribution in [2.45, 2.75) is 44.6 Å². The van der Waals surface area contributed by atoms with Crippen LogP contribution in [0.5, 0.6) is 5.75 Å². The second-order valence-electron chi connectivity index (χ2n) is 6.23. The highest BCUT2D eigenvalue weighted by Crippen LogP contribution is 2.30. The van der Waals surface area contributed by atoms with Gasteiger partial charge in [0.1, 0.15) is 5.75 Å². The molecule has 11 heteroatoms. The maximum absolute atomic E-state index is 12.7. The summed E-state index contributed by atoms with van der Waals surface area (Å²) in [6.07, 6.45) is 0.891. The zero-order valence-corrected chi connectivity index (χ0v) is 18.8. The second-order valence-corrected chi connectivity index (χ2v) is 8.12. The maximum Gasteiger partial charge on any atom is 0.264 e. The number of hydrogen-bond donors (Lipinski definition) is 4. The van der Waals surface area contributed by atoms with Crippen molar-refractivity contribution in [1.82, 2.24) is 10.0 Å². The molecule has 0 spiro atoms. The van der Waals surface area contributed by atoms with Gasteiger partial charge in [-0.3, -0.25) is 10.2 Å². The summed E-state index contributed by atoms with van der Waals surface area (Å²) in [5.74, 6) is -0.114. The summed E-state index contributed by atoms with van der Waals surface area (Å²) in [4.78, 5) is 11.4. The zero-order valence-electron chi connectivity index (χ0n) is 16.4. The van der Waals surface area contributed by atoms with Gasteiger partial charge in [-0.25, -0.2) is 13.1 Å². The van der Waals surface area contributed by atoms with Gasteiger partial charge in [0.25, 0.3) is 10.0 Å². The number of Topliss-reactive ketones (excluding diaryl/α,β-unsaturated/α-hetero) is 1. The number of ketones is 1. The Labute approximate surface area is 177 Å². The first-order valence-corrected chi connectivity index (χ1v) is 10.4. The van der Waals surface area contributed by atoms with Gasteiger partial charge in [-0.1, -0.05) is 0 Å². The number of alkyl halides is 1. The summed E-state index contributed by atoms with van der Waals surface area (Å²) in [7, 11) is -2.40. The fourth-order valence-electron chi connectivity index (χ4n) is 2.66. The first kappa shape index (κ1) is 26.4. The topological polar surface area (TPSA) is 134 Å². The van der Waals surface area contributed by atoms with Crippen LogP contribution in [0.4, 0.5) is 0 Å². The van der Waals surface area contributed by atoms with Crippen LogP contribution in [0, 0.1) is 26.2 Å². The van der Waals surface area contributed by atoms with E-state index in [0.717, 1.165) is 5.56 Å². The molecule has 160 valence electrons. The van der Waals surface area contributed by atoms with E-state index in [0.29, 0.717) is 36.3 Å². The number of ether oxygens (including phenoxy) is 1. The molecular weight excluding hydrogens is 427 g/mol. The predicted molar refractivity (Wildman–Crippen MR) is 113 cm³/mol. The first-order valence-electron chi connectivity index (χ1n) is 8.39. The molecule has 0 amide bonds. The van der Waals surface area contributed by atoms with Crippen molar-refractivity contribution in [2.24, 2.45) is 5.73 Å². The van der Waals surface area contributed by atoms with Crippen molar-refractivity contribution >= 4 is 45.8 Å². The normalized spacial score (nSPS) is 11.9. The Morgan fingerprint density at radius 2 is 1.93 bits per heavy atom. The van der Waals surface area contributed by atoms with Gasteiger partial charge in [0.2, 0.25) is 5.96 Å². The fourth-order valence-corrected chi connectivity index (χ4v) is 4.34. The zero-order chi connectivity index (χ0) is 20.8. The van der Waals surface area contributed by atoms with Crippen molar-refractivity contribution < 1.29 is 17.9 Å². The molecule has 28 heavy (non-hydrogen) atoms. The van der Waals surface area contributed by atoms with Crippen LogP contribution < -0.4 is 20.5 Å². The number of methoxy groups -OCH3 is 1. The number of benzene rings is 1. The molecule has 0 aromatic heterocycles. The maximum atomic E-state index is 12.7. The molecule has 0 saturated heterocycles. The molecule has 1 rings (SSSR count). The van der Waals surface area contributed by atoms with E-state index in [4.69, 9.17) is 27.5 Å². The average Bonchev–Trinajstić information content (AvgIpc) is 2.60. The van der Waals surface area contributed by atoms with E-state index < -0.39 is 16.1 Å². The van der Waals surface area contributed by atoms with Gasteiger partial charge in [-0.2, -0.15) is 0 Å². The number of nitrogens with two attached hydrogens (primary N) is 1. The molecule has 0 aliphatic rings. The van der Waals surface area contributed by atoms with Crippen molar-refractivity contribution in [3.63, 3.8) is 0 Å². The van der Waals surface area contributed by atoms with Gasteiger partial charge < -0.3 is 15.8 Å². The third-order valence-corrected chi connectivity index (χ3v) is 6.14. The van der Waals surface area contributed by atoms with Crippen LogP contribution in [0.3, 0.4) is 0 Å². The molecule has 0 radical (unpaired) electrons. The van der Waals surface area contributed by atoms with Crippen molar-refractivity contribution in [3.8, 4) is 5.75 Å². The lowest BCUT2D eigenvalue weighted by Crippen LogP contribution is -2.41. The van der Waals surface area contributed by atoms with Crippen molar-refractivity contribution in [2.75, 3.05) is 19.5 Å². The van der Waals surface area contributed by atoms with Gasteiger partial charge in [0.05, 0.1) is 23.9 Å². The minimum Gasteiger partial charge on any atom is -0.496 e. The van der Waals surface area contributed by atoms with Gasteiger partial charge in [0, 0.05) is 6.54 Å². The Bertz CT molecular complexity index is 816. The highest BCUT2D eigenvalue weighted by atomic mass is 35.5. The molecule has 1 aromatic rings. The van der Waals surface area contributed by atoms with Gasteiger partial charge in [-0.05, 0) is 56.4 Å². The minimum atomic E-state index is -3.93. The molecule has 0 bridgehead atoms. The van der Waals surface area contributed by atoms with Crippen LogP contribution in [0.25, 0.3) is 0 Å². The SMILES string of the molecule is COc1cc(C)c(S(=O)(=O)NC(=N)NCCC[C@H](N)C(=O)CCl)c(C)c1C.Cl. The number of sulfonamides is 1. The lowest BCUT2D eigenvalue weighted by atomic mass is 10.1. The van der Waals surface area contributed by atoms with Crippen LogP contribution in [0.15, 0.2) is 11.0 Å². The molecular formula is C17H28Cl2N4O4S. The van der Waals surface area contributed by atoms with Crippen molar-refractivity contribution in [1.29, 1.82) is 5.41 Å². The van der Waals surface area contributed by atoms with Crippen LogP contribution in [0.2, 0.25) is 0 Å². The lowest BCUT2D eigenvalue weighted by molar-refractivity contribution is -0.118. The summed E-state index contributed by atoms with van der Waals surface area (Å²) in [5, 5.41) is 10.5. The number of halogens is 2. The Kier molecular flexibility index (Phi) is 10.8. The molecule has 1 atom stereocenters. The third kappa shape index (κ3) is 6.80. The third-order valence-electron chi connectivity index (χ3n) is 4.24. The molecule has 0 aliphatic heterocycles. The minimum absolute atomic E-state index is 0. The molecule has 1 aromatic carbocycles. The Hall–Kier alpha value is -1.55. The molecule has 0 fully saturated rings. The smallest absolute Gasteiger partial charge is 0.264 e. The van der Waals surface area contributed by atoms with E-state index in [9.17, 15) is 13.2 Å². The first-order chi connectivity index (χ1) is 12.5. The Balaban J connectivity index is 0.00000729. The van der Waals surface area contributed by atoms with E-state index >= 15 is 0 Å². The largest absolute Gasteiger partial charge is 0.496 e.